The van der Waals surface area contributed by atoms with Crippen molar-refractivity contribution in [2.45, 2.75) is 19.8 Å². The van der Waals surface area contributed by atoms with Crippen LogP contribution >= 0.6 is 15.9 Å². The molecule has 0 fully saturated rings. The number of allylic oxidation sites excluding steroid dienone is 4. The van der Waals surface area contributed by atoms with Gasteiger partial charge in [-0.15, -0.1) is 5.10 Å². The van der Waals surface area contributed by atoms with Gasteiger partial charge in [-0.1, -0.05) is 46.6 Å². The summed E-state index contributed by atoms with van der Waals surface area (Å²) in [6.07, 6.45) is 9.83. The normalized spacial score (nSPS) is 11.8. The Labute approximate surface area is 165 Å². The van der Waals surface area contributed by atoms with E-state index < -0.39 is 0 Å². The Hall–Kier alpha value is -3.05. The van der Waals surface area contributed by atoms with Crippen molar-refractivity contribution in [3.63, 3.8) is 0 Å². The van der Waals surface area contributed by atoms with Gasteiger partial charge in [0.25, 0.3) is 0 Å². The second-order valence-corrected chi connectivity index (χ2v) is 6.34. The van der Waals surface area contributed by atoms with Crippen LogP contribution in [-0.4, -0.2) is 30.3 Å². The third kappa shape index (κ3) is 4.57. The molecule has 0 amide bonds. The third-order valence-corrected chi connectivity index (χ3v) is 4.04. The molecule has 0 bridgehead atoms. The van der Waals surface area contributed by atoms with E-state index in [1.807, 2.05) is 18.2 Å². The number of fused-ring (bicyclic) bond motifs is 1. The number of alkyl halides is 1. The van der Waals surface area contributed by atoms with Crippen LogP contribution in [-0.2, 0) is 0 Å². The summed E-state index contributed by atoms with van der Waals surface area (Å²) in [6, 6.07) is 9.26. The van der Waals surface area contributed by atoms with Crippen molar-refractivity contribution in [2.24, 2.45) is 0 Å². The van der Waals surface area contributed by atoms with Gasteiger partial charge in [-0.25, -0.2) is 4.98 Å². The molecule has 2 heterocycles. The average Bonchev–Trinajstić information content (AvgIpc) is 3.11. The van der Waals surface area contributed by atoms with Gasteiger partial charge in [0.15, 0.2) is 11.2 Å². The molecule has 0 aliphatic rings. The summed E-state index contributed by atoms with van der Waals surface area (Å²) in [6.45, 7) is 2.13. The Kier molecular flexibility index (Phi) is 6.28. The van der Waals surface area contributed by atoms with E-state index in [0.29, 0.717) is 28.0 Å². The molecule has 0 saturated heterocycles. The smallest absolute Gasteiger partial charge is 0.229 e. The summed E-state index contributed by atoms with van der Waals surface area (Å²) in [5, 5.41) is 21.2. The minimum atomic E-state index is 0.414. The average molecular weight is 424 g/mol. The number of nitrogens with zero attached hydrogens (tertiary/aromatic N) is 6. The van der Waals surface area contributed by atoms with E-state index >= 15 is 0 Å². The van der Waals surface area contributed by atoms with E-state index in [-0.39, 0.29) is 0 Å². The van der Waals surface area contributed by atoms with Gasteiger partial charge >= 0.3 is 0 Å². The maximum atomic E-state index is 9.03. The van der Waals surface area contributed by atoms with Gasteiger partial charge in [0.1, 0.15) is 0 Å². The first-order chi connectivity index (χ1) is 13.2. The molecule has 8 heteroatoms. The SMILES string of the molecule is CCC/C=C\C(=C/CBr)n1nnc2cnc(Nc3cccc(C#N)c3)nc21. The molecule has 0 spiro atoms. The van der Waals surface area contributed by atoms with Crippen LogP contribution in [0.4, 0.5) is 11.6 Å². The van der Waals surface area contributed by atoms with E-state index in [0.717, 1.165) is 24.2 Å². The van der Waals surface area contributed by atoms with E-state index in [1.165, 1.54) is 0 Å². The molecule has 27 heavy (non-hydrogen) atoms. The number of aromatic nitrogens is 5. The van der Waals surface area contributed by atoms with Crippen LogP contribution in [0.1, 0.15) is 25.3 Å². The molecule has 2 aromatic heterocycles. The summed E-state index contributed by atoms with van der Waals surface area (Å²) >= 11 is 3.44. The molecule has 0 radical (unpaired) electrons. The number of rotatable bonds is 7. The number of halogens is 1. The topological polar surface area (TPSA) is 92.3 Å². The zero-order valence-corrected chi connectivity index (χ0v) is 16.4. The fourth-order valence-electron chi connectivity index (χ4n) is 2.43. The largest absolute Gasteiger partial charge is 0.324 e. The van der Waals surface area contributed by atoms with E-state index in [1.54, 1.807) is 29.1 Å². The lowest BCUT2D eigenvalue weighted by Gasteiger charge is -2.06. The lowest BCUT2D eigenvalue weighted by molar-refractivity contribution is 0.836. The highest BCUT2D eigenvalue weighted by Crippen LogP contribution is 2.19. The minimum absolute atomic E-state index is 0.414. The molecule has 0 atom stereocenters. The molecule has 0 aliphatic heterocycles. The second-order valence-electron chi connectivity index (χ2n) is 5.70. The predicted molar refractivity (Wildman–Crippen MR) is 110 cm³/mol. The summed E-state index contributed by atoms with van der Waals surface area (Å²) in [7, 11) is 0. The van der Waals surface area contributed by atoms with Crippen molar-refractivity contribution >= 4 is 44.4 Å². The zero-order chi connectivity index (χ0) is 19.1. The Morgan fingerprint density at radius 1 is 1.41 bits per heavy atom. The van der Waals surface area contributed by atoms with Gasteiger partial charge in [0, 0.05) is 11.0 Å². The third-order valence-electron chi connectivity index (χ3n) is 3.72. The first-order valence-corrected chi connectivity index (χ1v) is 9.66. The van der Waals surface area contributed by atoms with Crippen LogP contribution in [0, 0.1) is 11.3 Å². The zero-order valence-electron chi connectivity index (χ0n) is 14.8. The molecule has 0 aliphatic carbocycles. The monoisotopic (exact) mass is 423 g/mol. The van der Waals surface area contributed by atoms with Crippen LogP contribution in [0.5, 0.6) is 0 Å². The quantitative estimate of drug-likeness (QED) is 0.446. The Balaban J connectivity index is 1.95. The fraction of sp³-hybridized carbons (Fsp3) is 0.211. The van der Waals surface area contributed by atoms with Gasteiger partial charge in [-0.05, 0) is 36.8 Å². The highest BCUT2D eigenvalue weighted by molar-refractivity contribution is 9.09. The number of hydrogen-bond donors (Lipinski definition) is 1. The number of anilines is 2. The molecule has 1 N–H and O–H groups in total. The number of benzene rings is 1. The lowest BCUT2D eigenvalue weighted by atomic mass is 10.2. The van der Waals surface area contributed by atoms with Crippen molar-refractivity contribution in [1.82, 2.24) is 25.0 Å². The minimum Gasteiger partial charge on any atom is -0.324 e. The molecule has 0 unspecified atom stereocenters. The maximum Gasteiger partial charge on any atom is 0.229 e. The highest BCUT2D eigenvalue weighted by Gasteiger charge is 2.11. The van der Waals surface area contributed by atoms with Crippen molar-refractivity contribution < 1.29 is 0 Å². The van der Waals surface area contributed by atoms with Crippen molar-refractivity contribution in [3.8, 4) is 6.07 Å². The molecule has 7 nitrogen and oxygen atoms in total. The molecule has 3 rings (SSSR count). The molecule has 1 aromatic carbocycles. The molecule has 3 aromatic rings. The van der Waals surface area contributed by atoms with Crippen molar-refractivity contribution in [3.05, 3.63) is 54.3 Å². The van der Waals surface area contributed by atoms with Crippen molar-refractivity contribution in [1.29, 1.82) is 5.26 Å². The van der Waals surface area contributed by atoms with E-state index in [9.17, 15) is 0 Å². The first-order valence-electron chi connectivity index (χ1n) is 8.54. The summed E-state index contributed by atoms with van der Waals surface area (Å²) < 4.78 is 1.70. The number of hydrogen-bond acceptors (Lipinski definition) is 6. The molecular formula is C19H18BrN7. The number of nitrogens with one attached hydrogen (secondary N) is 1. The van der Waals surface area contributed by atoms with Crippen LogP contribution < -0.4 is 5.32 Å². The number of unbranched alkanes of at least 4 members (excludes halogenated alkanes) is 1. The van der Waals surface area contributed by atoms with E-state index in [4.69, 9.17) is 5.26 Å². The van der Waals surface area contributed by atoms with Crippen LogP contribution in [0.3, 0.4) is 0 Å². The Morgan fingerprint density at radius 2 is 2.30 bits per heavy atom. The molecular weight excluding hydrogens is 406 g/mol. The predicted octanol–water partition coefficient (Wildman–Crippen LogP) is 4.43. The molecule has 136 valence electrons. The standard InChI is InChI=1S/C19H18BrN7/c1-2-3-4-8-16(9-10-20)27-18-17(25-26-27)13-22-19(24-18)23-15-7-5-6-14(11-15)12-21/h4-9,11,13H,2-3,10H2,1H3,(H,22,23,24)/b8-4-,16-9+. The van der Waals surface area contributed by atoms with Crippen LogP contribution in [0.2, 0.25) is 0 Å². The summed E-state index contributed by atoms with van der Waals surface area (Å²) in [4.78, 5) is 8.84. The van der Waals surface area contributed by atoms with Gasteiger partial charge < -0.3 is 5.32 Å². The lowest BCUT2D eigenvalue weighted by Crippen LogP contribution is -2.02. The highest BCUT2D eigenvalue weighted by atomic mass is 79.9. The number of nitriles is 1. The van der Waals surface area contributed by atoms with Crippen LogP contribution in [0.25, 0.3) is 16.9 Å². The maximum absolute atomic E-state index is 9.03. The van der Waals surface area contributed by atoms with Crippen molar-refractivity contribution in [2.75, 3.05) is 10.6 Å². The van der Waals surface area contributed by atoms with Gasteiger partial charge in [-0.2, -0.15) is 14.9 Å². The summed E-state index contributed by atoms with van der Waals surface area (Å²) in [5.41, 5.74) is 3.41. The van der Waals surface area contributed by atoms with Gasteiger partial charge in [-0.3, -0.25) is 0 Å². The fourth-order valence-corrected chi connectivity index (χ4v) is 2.76. The van der Waals surface area contributed by atoms with Gasteiger partial charge in [0.05, 0.1) is 23.5 Å². The van der Waals surface area contributed by atoms with E-state index in [2.05, 4.69) is 60.6 Å². The Bertz CT molecular complexity index is 1030. The summed E-state index contributed by atoms with van der Waals surface area (Å²) in [5.74, 6) is 0.414. The van der Waals surface area contributed by atoms with Crippen LogP contribution in [0.15, 0.2) is 48.7 Å². The Morgan fingerprint density at radius 3 is 3.07 bits per heavy atom. The second kappa shape index (κ2) is 9.05. The van der Waals surface area contributed by atoms with Gasteiger partial charge in [0.2, 0.25) is 5.95 Å². The molecule has 0 saturated carbocycles. The first kappa shape index (κ1) is 18.7.